The first-order valence-electron chi connectivity index (χ1n) is 8.14. The number of para-hydroxylation sites is 1. The van der Waals surface area contributed by atoms with Crippen molar-refractivity contribution in [2.24, 2.45) is 0 Å². The molecule has 0 bridgehead atoms. The average Bonchev–Trinajstić information content (AvgIpc) is 2.86. The van der Waals surface area contributed by atoms with Crippen molar-refractivity contribution >= 4 is 22.9 Å². The normalized spacial score (nSPS) is 18.0. The van der Waals surface area contributed by atoms with Crippen LogP contribution in [0.3, 0.4) is 0 Å². The van der Waals surface area contributed by atoms with Crippen LogP contribution in [-0.2, 0) is 11.2 Å². The molecule has 1 unspecified atom stereocenters. The summed E-state index contributed by atoms with van der Waals surface area (Å²) in [7, 11) is 0. The van der Waals surface area contributed by atoms with Crippen LogP contribution in [0.15, 0.2) is 30.3 Å². The molecule has 1 N–H and O–H groups in total. The van der Waals surface area contributed by atoms with Gasteiger partial charge in [0, 0.05) is 29.7 Å². The van der Waals surface area contributed by atoms with Crippen molar-refractivity contribution in [1.29, 1.82) is 0 Å². The van der Waals surface area contributed by atoms with E-state index in [1.165, 1.54) is 0 Å². The van der Waals surface area contributed by atoms with E-state index in [9.17, 15) is 4.79 Å². The van der Waals surface area contributed by atoms with E-state index < -0.39 is 0 Å². The quantitative estimate of drug-likeness (QED) is 0.935. The maximum atomic E-state index is 12.6. The Bertz CT molecular complexity index is 668. The Morgan fingerprint density at radius 3 is 2.83 bits per heavy atom. The summed E-state index contributed by atoms with van der Waals surface area (Å²) < 4.78 is 0. The number of hydrogen-bond donors (Lipinski definition) is 1. The number of anilines is 1. The second-order valence-corrected chi connectivity index (χ2v) is 7.40. The summed E-state index contributed by atoms with van der Waals surface area (Å²) in [6, 6.07) is 10.6. The number of carbonyl (C=O) groups excluding carboxylic acids is 1. The largest absolute Gasteiger partial charge is 0.381 e. The van der Waals surface area contributed by atoms with Gasteiger partial charge in [0.2, 0.25) is 5.91 Å². The van der Waals surface area contributed by atoms with E-state index in [0.717, 1.165) is 47.2 Å². The molecule has 0 saturated carbocycles. The number of thiazole rings is 1. The topological polar surface area (TPSA) is 45.2 Å². The first kappa shape index (κ1) is 16.0. The van der Waals surface area contributed by atoms with Gasteiger partial charge >= 0.3 is 0 Å². The smallest absolute Gasteiger partial charge is 0.227 e. The Balaban J connectivity index is 1.59. The van der Waals surface area contributed by atoms with Crippen molar-refractivity contribution in [3.63, 3.8) is 0 Å². The van der Waals surface area contributed by atoms with Gasteiger partial charge in [-0.2, -0.15) is 0 Å². The molecule has 1 aliphatic rings. The Morgan fingerprint density at radius 2 is 2.13 bits per heavy atom. The van der Waals surface area contributed by atoms with E-state index in [-0.39, 0.29) is 5.91 Å². The van der Waals surface area contributed by atoms with Crippen molar-refractivity contribution in [2.75, 3.05) is 18.4 Å². The number of nitrogens with one attached hydrogen (secondary N) is 1. The van der Waals surface area contributed by atoms with Gasteiger partial charge < -0.3 is 10.2 Å². The van der Waals surface area contributed by atoms with Gasteiger partial charge in [0.25, 0.3) is 0 Å². The minimum absolute atomic E-state index is 0.219. The Hall–Kier alpha value is -1.88. The number of hydrogen-bond acceptors (Lipinski definition) is 4. The minimum Gasteiger partial charge on any atom is -0.381 e. The highest BCUT2D eigenvalue weighted by molar-refractivity contribution is 7.11. The number of carbonyl (C=O) groups is 1. The lowest BCUT2D eigenvalue weighted by molar-refractivity contribution is -0.131. The first-order chi connectivity index (χ1) is 11.1. The molecule has 1 aromatic carbocycles. The Morgan fingerprint density at radius 1 is 1.35 bits per heavy atom. The monoisotopic (exact) mass is 329 g/mol. The van der Waals surface area contributed by atoms with Gasteiger partial charge in [-0.3, -0.25) is 4.79 Å². The minimum atomic E-state index is 0.219. The van der Waals surface area contributed by atoms with Crippen LogP contribution in [0.1, 0.15) is 28.4 Å². The van der Waals surface area contributed by atoms with E-state index >= 15 is 0 Å². The van der Waals surface area contributed by atoms with Crippen LogP contribution in [0.2, 0.25) is 0 Å². The Labute approximate surface area is 141 Å². The number of amides is 1. The molecule has 3 rings (SSSR count). The Kier molecular flexibility index (Phi) is 4.96. The van der Waals surface area contributed by atoms with Crippen LogP contribution in [0.5, 0.6) is 0 Å². The molecule has 5 heteroatoms. The molecule has 2 heterocycles. The molecule has 0 aliphatic carbocycles. The van der Waals surface area contributed by atoms with Gasteiger partial charge in [0.15, 0.2) is 0 Å². The number of piperidine rings is 1. The summed E-state index contributed by atoms with van der Waals surface area (Å²) in [5.41, 5.74) is 2.12. The number of benzene rings is 1. The van der Waals surface area contributed by atoms with Crippen molar-refractivity contribution in [1.82, 2.24) is 9.88 Å². The molecule has 0 radical (unpaired) electrons. The number of rotatable bonds is 4. The fourth-order valence-electron chi connectivity index (χ4n) is 3.08. The molecule has 122 valence electrons. The van der Waals surface area contributed by atoms with Crippen LogP contribution in [0.4, 0.5) is 5.69 Å². The predicted molar refractivity (Wildman–Crippen MR) is 95.0 cm³/mol. The maximum Gasteiger partial charge on any atom is 0.227 e. The molecule has 1 aromatic heterocycles. The van der Waals surface area contributed by atoms with Crippen molar-refractivity contribution in [2.45, 2.75) is 39.2 Å². The molecular formula is C18H23N3OS. The highest BCUT2D eigenvalue weighted by atomic mass is 32.1. The molecule has 1 aliphatic heterocycles. The van der Waals surface area contributed by atoms with E-state index in [2.05, 4.69) is 22.4 Å². The SMILES string of the molecule is Cc1nc(C)c(CC(=O)N2CCCC(Nc3ccccc3)C2)s1. The lowest BCUT2D eigenvalue weighted by Crippen LogP contribution is -2.45. The standard InChI is InChI=1S/C18H23N3OS/c1-13-17(23-14(2)19-13)11-18(22)21-10-6-9-16(12-21)20-15-7-4-3-5-8-15/h3-5,7-8,16,20H,6,9-12H2,1-2H3. The molecule has 23 heavy (non-hydrogen) atoms. The summed E-state index contributed by atoms with van der Waals surface area (Å²) >= 11 is 1.64. The van der Waals surface area contributed by atoms with E-state index in [0.29, 0.717) is 12.5 Å². The number of likely N-dealkylation sites (tertiary alicyclic amines) is 1. The molecule has 0 spiro atoms. The molecule has 1 atom stereocenters. The number of aromatic nitrogens is 1. The highest BCUT2D eigenvalue weighted by Crippen LogP contribution is 2.21. The van der Waals surface area contributed by atoms with Gasteiger partial charge in [0.1, 0.15) is 0 Å². The zero-order chi connectivity index (χ0) is 16.2. The third kappa shape index (κ3) is 4.10. The lowest BCUT2D eigenvalue weighted by atomic mass is 10.0. The van der Waals surface area contributed by atoms with Gasteiger partial charge in [-0.1, -0.05) is 18.2 Å². The van der Waals surface area contributed by atoms with E-state index in [1.807, 2.05) is 36.9 Å². The maximum absolute atomic E-state index is 12.6. The van der Waals surface area contributed by atoms with Crippen LogP contribution >= 0.6 is 11.3 Å². The summed E-state index contributed by atoms with van der Waals surface area (Å²) in [5, 5.41) is 4.58. The van der Waals surface area contributed by atoms with Crippen LogP contribution < -0.4 is 5.32 Å². The molecule has 1 amide bonds. The molecule has 1 saturated heterocycles. The zero-order valence-corrected chi connectivity index (χ0v) is 14.5. The van der Waals surface area contributed by atoms with Crippen molar-refractivity contribution < 1.29 is 4.79 Å². The average molecular weight is 329 g/mol. The fraction of sp³-hybridized carbons (Fsp3) is 0.444. The van der Waals surface area contributed by atoms with Crippen molar-refractivity contribution in [3.05, 3.63) is 45.9 Å². The van der Waals surface area contributed by atoms with E-state index in [4.69, 9.17) is 0 Å². The second-order valence-electron chi connectivity index (χ2n) is 6.11. The third-order valence-corrected chi connectivity index (χ3v) is 5.30. The number of aryl methyl sites for hydroxylation is 2. The summed E-state index contributed by atoms with van der Waals surface area (Å²) in [6.45, 7) is 5.63. The van der Waals surface area contributed by atoms with E-state index in [1.54, 1.807) is 11.3 Å². The first-order valence-corrected chi connectivity index (χ1v) is 8.96. The molecular weight excluding hydrogens is 306 g/mol. The predicted octanol–water partition coefficient (Wildman–Crippen LogP) is 3.41. The molecule has 2 aromatic rings. The van der Waals surface area contributed by atoms with Gasteiger partial charge in [-0.05, 0) is 38.8 Å². The van der Waals surface area contributed by atoms with Crippen molar-refractivity contribution in [3.8, 4) is 0 Å². The van der Waals surface area contributed by atoms with Gasteiger partial charge in [-0.15, -0.1) is 11.3 Å². The second kappa shape index (κ2) is 7.13. The summed E-state index contributed by atoms with van der Waals surface area (Å²) in [5.74, 6) is 0.219. The highest BCUT2D eigenvalue weighted by Gasteiger charge is 2.24. The van der Waals surface area contributed by atoms with Crippen LogP contribution in [0.25, 0.3) is 0 Å². The van der Waals surface area contributed by atoms with Gasteiger partial charge in [-0.25, -0.2) is 4.98 Å². The van der Waals surface area contributed by atoms with Crippen LogP contribution in [-0.4, -0.2) is 34.9 Å². The fourth-order valence-corrected chi connectivity index (χ4v) is 4.01. The summed E-state index contributed by atoms with van der Waals surface area (Å²) in [6.07, 6.45) is 2.64. The summed E-state index contributed by atoms with van der Waals surface area (Å²) in [4.78, 5) is 20.1. The molecule has 1 fully saturated rings. The molecule has 4 nitrogen and oxygen atoms in total. The number of nitrogens with zero attached hydrogens (tertiary/aromatic N) is 2. The lowest BCUT2D eigenvalue weighted by Gasteiger charge is -2.33. The third-order valence-electron chi connectivity index (χ3n) is 4.23. The van der Waals surface area contributed by atoms with Gasteiger partial charge in [0.05, 0.1) is 17.1 Å². The zero-order valence-electron chi connectivity index (χ0n) is 13.7. The van der Waals surface area contributed by atoms with Crippen LogP contribution in [0, 0.1) is 13.8 Å².